The van der Waals surface area contributed by atoms with E-state index in [-0.39, 0.29) is 29.7 Å². The van der Waals surface area contributed by atoms with E-state index in [4.69, 9.17) is 0 Å². The minimum absolute atomic E-state index is 0.00187. The summed E-state index contributed by atoms with van der Waals surface area (Å²) in [5, 5.41) is 5.73. The van der Waals surface area contributed by atoms with Gasteiger partial charge in [-0.25, -0.2) is 8.78 Å². The van der Waals surface area contributed by atoms with Crippen LogP contribution in [0.1, 0.15) is 63.8 Å². The SMILES string of the molecule is CC(C)CC1C(=O)N[C@H](C2Cc3ccccc3C2)C(=O)N1C(C(=O)NC(C)(C)C)c1cccc(F)c1F. The van der Waals surface area contributed by atoms with Crippen molar-refractivity contribution in [2.75, 3.05) is 0 Å². The van der Waals surface area contributed by atoms with Gasteiger partial charge in [-0.1, -0.05) is 50.2 Å². The van der Waals surface area contributed by atoms with Gasteiger partial charge in [-0.05, 0) is 69.1 Å². The van der Waals surface area contributed by atoms with Gasteiger partial charge >= 0.3 is 0 Å². The maximum atomic E-state index is 15.2. The molecule has 2 aromatic carbocycles. The standard InChI is InChI=1S/C29H35F2N3O3/c1-16(2)13-22-26(35)32-24(19-14-17-9-6-7-10-18(17)15-19)28(37)34(22)25(27(36)33-29(3,4)5)20-11-8-12-21(30)23(20)31/h6-12,16,19,22,24-25H,13-15H2,1-5H3,(H,32,35)(H,33,36)/t22?,24-,25?/m1/s1. The molecule has 198 valence electrons. The van der Waals surface area contributed by atoms with Gasteiger partial charge in [0.2, 0.25) is 17.7 Å². The van der Waals surface area contributed by atoms with Crippen LogP contribution in [0.2, 0.25) is 0 Å². The number of benzene rings is 2. The van der Waals surface area contributed by atoms with E-state index in [1.165, 1.54) is 17.0 Å². The van der Waals surface area contributed by atoms with Crippen LogP contribution in [0.25, 0.3) is 0 Å². The smallest absolute Gasteiger partial charge is 0.247 e. The van der Waals surface area contributed by atoms with Crippen molar-refractivity contribution in [3.8, 4) is 0 Å². The molecule has 1 saturated heterocycles. The summed E-state index contributed by atoms with van der Waals surface area (Å²) in [6.45, 7) is 9.10. The molecule has 8 heteroatoms. The van der Waals surface area contributed by atoms with Crippen molar-refractivity contribution < 1.29 is 23.2 Å². The van der Waals surface area contributed by atoms with Gasteiger partial charge in [0.05, 0.1) is 0 Å². The summed E-state index contributed by atoms with van der Waals surface area (Å²) in [6.07, 6.45) is 1.47. The zero-order valence-corrected chi connectivity index (χ0v) is 22.0. The van der Waals surface area contributed by atoms with Gasteiger partial charge in [0.15, 0.2) is 11.6 Å². The molecule has 6 nitrogen and oxygen atoms in total. The van der Waals surface area contributed by atoms with E-state index in [1.54, 1.807) is 20.8 Å². The molecule has 1 fully saturated rings. The van der Waals surface area contributed by atoms with Crippen LogP contribution in [0.5, 0.6) is 0 Å². The predicted molar refractivity (Wildman–Crippen MR) is 136 cm³/mol. The molecular formula is C29H35F2N3O3. The van der Waals surface area contributed by atoms with Crippen LogP contribution in [0.3, 0.4) is 0 Å². The molecule has 2 unspecified atom stereocenters. The quantitative estimate of drug-likeness (QED) is 0.614. The van der Waals surface area contributed by atoms with Crippen LogP contribution < -0.4 is 10.6 Å². The number of hydrogen-bond donors (Lipinski definition) is 2. The molecular weight excluding hydrogens is 476 g/mol. The third-order valence-electron chi connectivity index (χ3n) is 7.01. The number of piperazine rings is 1. The summed E-state index contributed by atoms with van der Waals surface area (Å²) in [5.41, 5.74) is 1.25. The van der Waals surface area contributed by atoms with Crippen molar-refractivity contribution >= 4 is 17.7 Å². The number of carbonyl (C=O) groups excluding carboxylic acids is 3. The second-order valence-corrected chi connectivity index (χ2v) is 11.6. The third kappa shape index (κ3) is 5.53. The molecule has 1 aliphatic heterocycles. The van der Waals surface area contributed by atoms with Crippen molar-refractivity contribution in [3.63, 3.8) is 0 Å². The molecule has 0 spiro atoms. The zero-order chi connectivity index (χ0) is 27.1. The topological polar surface area (TPSA) is 78.5 Å². The fourth-order valence-corrected chi connectivity index (χ4v) is 5.46. The highest BCUT2D eigenvalue weighted by molar-refractivity contribution is 6.00. The number of hydrogen-bond acceptors (Lipinski definition) is 3. The molecule has 3 atom stereocenters. The molecule has 0 bridgehead atoms. The van der Waals surface area contributed by atoms with Gasteiger partial charge in [-0.15, -0.1) is 0 Å². The first kappa shape index (κ1) is 26.8. The molecule has 2 N–H and O–H groups in total. The van der Waals surface area contributed by atoms with Crippen LogP contribution >= 0.6 is 0 Å². The highest BCUT2D eigenvalue weighted by Gasteiger charge is 2.50. The van der Waals surface area contributed by atoms with Crippen LogP contribution in [0.4, 0.5) is 8.78 Å². The number of nitrogens with zero attached hydrogens (tertiary/aromatic N) is 1. The fourth-order valence-electron chi connectivity index (χ4n) is 5.46. The van der Waals surface area contributed by atoms with E-state index in [1.807, 2.05) is 38.1 Å². The average Bonchev–Trinajstić information content (AvgIpc) is 3.23. The van der Waals surface area contributed by atoms with E-state index < -0.39 is 47.1 Å². The molecule has 37 heavy (non-hydrogen) atoms. The van der Waals surface area contributed by atoms with Crippen LogP contribution in [0, 0.1) is 23.5 Å². The van der Waals surface area contributed by atoms with Crippen molar-refractivity contribution in [1.82, 2.24) is 15.5 Å². The Hall–Kier alpha value is -3.29. The predicted octanol–water partition coefficient (Wildman–Crippen LogP) is 4.08. The Balaban J connectivity index is 1.80. The van der Waals surface area contributed by atoms with Crippen molar-refractivity contribution in [2.24, 2.45) is 11.8 Å². The second kappa shape index (κ2) is 10.2. The highest BCUT2D eigenvalue weighted by atomic mass is 19.2. The fraction of sp³-hybridized carbons (Fsp3) is 0.483. The molecule has 1 heterocycles. The molecule has 3 amide bonds. The summed E-state index contributed by atoms with van der Waals surface area (Å²) in [6, 6.07) is 8.06. The van der Waals surface area contributed by atoms with Gasteiger partial charge in [0, 0.05) is 11.1 Å². The average molecular weight is 512 g/mol. The second-order valence-electron chi connectivity index (χ2n) is 11.6. The molecule has 0 aromatic heterocycles. The first-order valence-electron chi connectivity index (χ1n) is 12.8. The number of nitrogens with one attached hydrogen (secondary N) is 2. The van der Waals surface area contributed by atoms with E-state index in [9.17, 15) is 18.8 Å². The van der Waals surface area contributed by atoms with Gasteiger partial charge in [-0.2, -0.15) is 0 Å². The lowest BCUT2D eigenvalue weighted by Crippen LogP contribution is -2.67. The van der Waals surface area contributed by atoms with Crippen LogP contribution in [0.15, 0.2) is 42.5 Å². The molecule has 1 aliphatic carbocycles. The number of fused-ring (bicyclic) bond motifs is 1. The van der Waals surface area contributed by atoms with Gasteiger partial charge in [0.25, 0.3) is 0 Å². The van der Waals surface area contributed by atoms with Gasteiger partial charge < -0.3 is 15.5 Å². The van der Waals surface area contributed by atoms with Crippen LogP contribution in [-0.2, 0) is 27.2 Å². The summed E-state index contributed by atoms with van der Waals surface area (Å²) in [5.74, 6) is -4.05. The lowest BCUT2D eigenvalue weighted by atomic mass is 9.87. The summed E-state index contributed by atoms with van der Waals surface area (Å²) < 4.78 is 29.6. The Labute approximate surface area is 216 Å². The largest absolute Gasteiger partial charge is 0.349 e. The van der Waals surface area contributed by atoms with Gasteiger partial charge in [0.1, 0.15) is 18.1 Å². The number of halogens is 2. The molecule has 2 aromatic rings. The highest BCUT2D eigenvalue weighted by Crippen LogP contribution is 2.36. The Morgan fingerprint density at radius 3 is 2.24 bits per heavy atom. The molecule has 4 rings (SSSR count). The summed E-state index contributed by atoms with van der Waals surface area (Å²) in [7, 11) is 0. The normalized spacial score (nSPS) is 21.1. The Morgan fingerprint density at radius 2 is 1.68 bits per heavy atom. The Morgan fingerprint density at radius 1 is 1.05 bits per heavy atom. The van der Waals surface area contributed by atoms with E-state index in [0.717, 1.165) is 17.2 Å². The van der Waals surface area contributed by atoms with Crippen LogP contribution in [-0.4, -0.2) is 40.2 Å². The summed E-state index contributed by atoms with van der Waals surface area (Å²) in [4.78, 5) is 42.6. The maximum Gasteiger partial charge on any atom is 0.247 e. The van der Waals surface area contributed by atoms with Crippen molar-refractivity contribution in [3.05, 3.63) is 70.8 Å². The number of carbonyl (C=O) groups is 3. The lowest BCUT2D eigenvalue weighted by Gasteiger charge is -2.45. The van der Waals surface area contributed by atoms with Crippen molar-refractivity contribution in [1.29, 1.82) is 0 Å². The maximum absolute atomic E-state index is 15.2. The monoisotopic (exact) mass is 511 g/mol. The first-order valence-corrected chi connectivity index (χ1v) is 12.8. The Kier molecular flexibility index (Phi) is 7.40. The van der Waals surface area contributed by atoms with E-state index in [0.29, 0.717) is 12.8 Å². The molecule has 0 radical (unpaired) electrons. The minimum atomic E-state index is -1.51. The minimum Gasteiger partial charge on any atom is -0.349 e. The van der Waals surface area contributed by atoms with E-state index in [2.05, 4.69) is 10.6 Å². The zero-order valence-electron chi connectivity index (χ0n) is 22.0. The summed E-state index contributed by atoms with van der Waals surface area (Å²) >= 11 is 0. The number of rotatable bonds is 6. The van der Waals surface area contributed by atoms with Crippen molar-refractivity contribution in [2.45, 2.75) is 77.5 Å². The molecule has 0 saturated carbocycles. The first-order chi connectivity index (χ1) is 17.4. The van der Waals surface area contributed by atoms with Gasteiger partial charge in [-0.3, -0.25) is 14.4 Å². The van der Waals surface area contributed by atoms with E-state index >= 15 is 4.39 Å². The lowest BCUT2D eigenvalue weighted by molar-refractivity contribution is -0.158. The molecule has 2 aliphatic rings. The third-order valence-corrected chi connectivity index (χ3v) is 7.01. The number of amides is 3. The Bertz CT molecular complexity index is 1180.